The van der Waals surface area contributed by atoms with Gasteiger partial charge in [-0.1, -0.05) is 0 Å². The minimum absolute atomic E-state index is 0.0206. The predicted molar refractivity (Wildman–Crippen MR) is 67.3 cm³/mol. The minimum atomic E-state index is 0.0206. The molecule has 1 saturated carbocycles. The van der Waals surface area contributed by atoms with Gasteiger partial charge >= 0.3 is 0 Å². The van der Waals surface area contributed by atoms with Crippen LogP contribution in [0.4, 0.5) is 0 Å². The van der Waals surface area contributed by atoms with Crippen LogP contribution in [0.1, 0.15) is 30.4 Å². The molecule has 1 atom stereocenters. The van der Waals surface area contributed by atoms with E-state index in [0.29, 0.717) is 12.2 Å². The van der Waals surface area contributed by atoms with Crippen molar-refractivity contribution < 1.29 is 14.6 Å². The Balaban J connectivity index is 1.74. The van der Waals surface area contributed by atoms with Crippen molar-refractivity contribution >= 4 is 0 Å². The first-order valence-electron chi connectivity index (χ1n) is 6.51. The van der Waals surface area contributed by atoms with E-state index in [-0.39, 0.29) is 11.5 Å². The molecule has 0 aromatic heterocycles. The van der Waals surface area contributed by atoms with Crippen LogP contribution in [0, 0.1) is 6.92 Å². The molecule has 0 unspecified atom stereocenters. The quantitative estimate of drug-likeness (QED) is 0.869. The second kappa shape index (κ2) is 3.22. The van der Waals surface area contributed by atoms with Crippen LogP contribution < -0.4 is 9.47 Å². The third-order valence-corrected chi connectivity index (χ3v) is 4.17. The lowest BCUT2D eigenvalue weighted by molar-refractivity contribution is 0.185. The summed E-state index contributed by atoms with van der Waals surface area (Å²) in [6, 6.07) is 4.19. The second-order valence-electron chi connectivity index (χ2n) is 5.72. The number of aryl methyl sites for hydroxylation is 1. The van der Waals surface area contributed by atoms with Crippen molar-refractivity contribution in [1.29, 1.82) is 0 Å². The molecule has 0 amide bonds. The van der Waals surface area contributed by atoms with E-state index >= 15 is 0 Å². The zero-order chi connectivity index (χ0) is 12.3. The predicted octanol–water partition coefficient (Wildman–Crippen LogP) is 3.01. The molecular weight excluding hydrogens is 228 g/mol. The number of aliphatic hydroxyl groups excluding tert-OH is 1. The van der Waals surface area contributed by atoms with E-state index in [9.17, 15) is 5.11 Å². The molecule has 2 aliphatic carbocycles. The molecule has 1 fully saturated rings. The summed E-state index contributed by atoms with van der Waals surface area (Å²) in [5.74, 6) is 2.38. The molecule has 3 nitrogen and oxygen atoms in total. The van der Waals surface area contributed by atoms with Gasteiger partial charge in [-0.2, -0.15) is 0 Å². The standard InChI is InChI=1S/C15H16O3/c1-9-4-12-14(15(2-3-15)8-17-12)13(5-9)18-11-6-10(16)7-11/h4-6,11,16H,2-3,7-8H2,1H3/t11-/m1/s1. The third kappa shape index (κ3) is 1.36. The van der Waals surface area contributed by atoms with Crippen LogP contribution >= 0.6 is 0 Å². The van der Waals surface area contributed by atoms with Crippen molar-refractivity contribution in [2.45, 2.75) is 37.7 Å². The van der Waals surface area contributed by atoms with Crippen LogP contribution in [0.25, 0.3) is 0 Å². The van der Waals surface area contributed by atoms with Crippen molar-refractivity contribution in [2.24, 2.45) is 0 Å². The van der Waals surface area contributed by atoms with E-state index in [4.69, 9.17) is 9.47 Å². The van der Waals surface area contributed by atoms with Gasteiger partial charge in [0.05, 0.1) is 12.4 Å². The third-order valence-electron chi connectivity index (χ3n) is 4.17. The van der Waals surface area contributed by atoms with Gasteiger partial charge in [0.2, 0.25) is 0 Å². The second-order valence-corrected chi connectivity index (χ2v) is 5.72. The van der Waals surface area contributed by atoms with Gasteiger partial charge in [0, 0.05) is 17.4 Å². The minimum Gasteiger partial charge on any atom is -0.512 e. The number of hydrogen-bond acceptors (Lipinski definition) is 3. The van der Waals surface area contributed by atoms with Gasteiger partial charge in [-0.3, -0.25) is 0 Å². The van der Waals surface area contributed by atoms with Gasteiger partial charge in [0.15, 0.2) is 0 Å². The number of aliphatic hydroxyl groups is 1. The van der Waals surface area contributed by atoms with Crippen molar-refractivity contribution in [1.82, 2.24) is 0 Å². The van der Waals surface area contributed by atoms with Crippen molar-refractivity contribution in [3.05, 3.63) is 35.1 Å². The van der Waals surface area contributed by atoms with Gasteiger partial charge in [-0.15, -0.1) is 0 Å². The molecule has 3 aliphatic rings. The van der Waals surface area contributed by atoms with Crippen molar-refractivity contribution in [2.75, 3.05) is 6.61 Å². The Kier molecular flexibility index (Phi) is 1.84. The van der Waals surface area contributed by atoms with E-state index in [1.165, 1.54) is 18.4 Å². The molecule has 1 aromatic rings. The summed E-state index contributed by atoms with van der Waals surface area (Å²) in [5.41, 5.74) is 2.65. The van der Waals surface area contributed by atoms with Gasteiger partial charge in [0.1, 0.15) is 17.6 Å². The van der Waals surface area contributed by atoms with E-state index in [1.54, 1.807) is 6.08 Å². The Morgan fingerprint density at radius 2 is 2.17 bits per heavy atom. The molecule has 3 heteroatoms. The fourth-order valence-corrected chi connectivity index (χ4v) is 2.91. The van der Waals surface area contributed by atoms with Crippen LogP contribution in [-0.2, 0) is 5.41 Å². The number of hydrogen-bond donors (Lipinski definition) is 1. The van der Waals surface area contributed by atoms with Gasteiger partial charge < -0.3 is 14.6 Å². The lowest BCUT2D eigenvalue weighted by Gasteiger charge is -2.24. The average Bonchev–Trinajstić information content (AvgIpc) is 2.95. The first-order valence-corrected chi connectivity index (χ1v) is 6.51. The molecule has 0 radical (unpaired) electrons. The zero-order valence-corrected chi connectivity index (χ0v) is 10.4. The van der Waals surface area contributed by atoms with Gasteiger partial charge in [0.25, 0.3) is 0 Å². The fraction of sp³-hybridized carbons (Fsp3) is 0.467. The molecular formula is C15H16O3. The maximum atomic E-state index is 9.22. The highest BCUT2D eigenvalue weighted by Gasteiger charge is 2.52. The highest BCUT2D eigenvalue weighted by Crippen LogP contribution is 2.59. The molecule has 4 rings (SSSR count). The zero-order valence-electron chi connectivity index (χ0n) is 10.4. The molecule has 1 aromatic carbocycles. The van der Waals surface area contributed by atoms with Gasteiger partial charge in [-0.05, 0) is 43.5 Å². The molecule has 94 valence electrons. The molecule has 1 aliphatic heterocycles. The number of benzene rings is 1. The summed E-state index contributed by atoms with van der Waals surface area (Å²) in [4.78, 5) is 0. The molecule has 1 N–H and O–H groups in total. The van der Waals surface area contributed by atoms with Crippen LogP contribution in [0.3, 0.4) is 0 Å². The topological polar surface area (TPSA) is 38.7 Å². The Labute approximate surface area is 106 Å². The molecule has 18 heavy (non-hydrogen) atoms. The normalized spacial score (nSPS) is 26.1. The number of fused-ring (bicyclic) bond motifs is 2. The smallest absolute Gasteiger partial charge is 0.128 e. The van der Waals surface area contributed by atoms with Crippen LogP contribution in [-0.4, -0.2) is 17.8 Å². The maximum absolute atomic E-state index is 9.22. The Morgan fingerprint density at radius 1 is 1.39 bits per heavy atom. The lowest BCUT2D eigenvalue weighted by Crippen LogP contribution is -2.24. The van der Waals surface area contributed by atoms with E-state index in [1.807, 2.05) is 0 Å². The van der Waals surface area contributed by atoms with E-state index in [0.717, 1.165) is 23.7 Å². The number of ether oxygens (including phenoxy) is 2. The van der Waals surface area contributed by atoms with Crippen LogP contribution in [0.2, 0.25) is 0 Å². The summed E-state index contributed by atoms with van der Waals surface area (Å²) in [7, 11) is 0. The molecule has 0 saturated heterocycles. The van der Waals surface area contributed by atoms with Crippen molar-refractivity contribution in [3.63, 3.8) is 0 Å². The molecule has 0 bridgehead atoms. The largest absolute Gasteiger partial charge is 0.512 e. The average molecular weight is 244 g/mol. The summed E-state index contributed by atoms with van der Waals surface area (Å²) in [6.45, 7) is 2.86. The highest BCUT2D eigenvalue weighted by atomic mass is 16.5. The summed E-state index contributed by atoms with van der Waals surface area (Å²) >= 11 is 0. The van der Waals surface area contributed by atoms with Gasteiger partial charge in [-0.25, -0.2) is 0 Å². The Hall–Kier alpha value is -1.64. The first-order chi connectivity index (χ1) is 8.66. The number of rotatable bonds is 2. The Morgan fingerprint density at radius 3 is 2.83 bits per heavy atom. The SMILES string of the molecule is Cc1cc2c(c(O[C@@H]3C=C(O)C3)c1)C1(CC1)CO2. The molecule has 1 spiro atoms. The summed E-state index contributed by atoms with van der Waals surface area (Å²) < 4.78 is 11.8. The van der Waals surface area contributed by atoms with E-state index in [2.05, 4.69) is 19.1 Å². The van der Waals surface area contributed by atoms with Crippen LogP contribution in [0.15, 0.2) is 24.0 Å². The van der Waals surface area contributed by atoms with Crippen molar-refractivity contribution in [3.8, 4) is 11.5 Å². The monoisotopic (exact) mass is 244 g/mol. The Bertz CT molecular complexity index is 555. The summed E-state index contributed by atoms with van der Waals surface area (Å²) in [6.07, 6.45) is 4.81. The highest BCUT2D eigenvalue weighted by molar-refractivity contribution is 5.57. The maximum Gasteiger partial charge on any atom is 0.128 e. The lowest BCUT2D eigenvalue weighted by atomic mass is 9.95. The fourth-order valence-electron chi connectivity index (χ4n) is 2.91. The molecule has 1 heterocycles. The summed E-state index contributed by atoms with van der Waals surface area (Å²) in [5, 5.41) is 9.22. The van der Waals surface area contributed by atoms with E-state index < -0.39 is 0 Å². The van der Waals surface area contributed by atoms with Crippen LogP contribution in [0.5, 0.6) is 11.5 Å². The first kappa shape index (κ1) is 10.3.